The minimum Gasteiger partial charge on any atom is -0.497 e. The normalized spacial score (nSPS) is 12.1. The summed E-state index contributed by atoms with van der Waals surface area (Å²) < 4.78 is 17.9. The highest BCUT2D eigenvalue weighted by atomic mass is 35.5. The zero-order chi connectivity index (χ0) is 40.7. The minimum atomic E-state index is -0.906. The van der Waals surface area contributed by atoms with Gasteiger partial charge in [0.2, 0.25) is 5.75 Å². The molecule has 4 aromatic rings. The van der Waals surface area contributed by atoms with Crippen LogP contribution in [0.2, 0.25) is 10.0 Å². The Balaban J connectivity index is 1.61. The predicted molar refractivity (Wildman–Crippen MR) is 218 cm³/mol. The molecule has 0 bridgehead atoms. The fourth-order valence-electron chi connectivity index (χ4n) is 5.59. The number of H-pyrrole nitrogens is 1. The minimum absolute atomic E-state index is 0.0228. The first-order chi connectivity index (χ1) is 26.0. The lowest BCUT2D eigenvalue weighted by Crippen LogP contribution is -2.33. The van der Waals surface area contributed by atoms with E-state index in [9.17, 15) is 19.2 Å². The summed E-state index contributed by atoms with van der Waals surface area (Å²) >= 11 is 12.9. The van der Waals surface area contributed by atoms with Crippen LogP contribution in [0, 0.1) is 0 Å². The third-order valence-corrected chi connectivity index (χ3v) is 10.4. The van der Waals surface area contributed by atoms with Crippen LogP contribution in [0.4, 0.5) is 16.3 Å². The molecule has 1 heterocycles. The molecule has 0 saturated heterocycles. The van der Waals surface area contributed by atoms with E-state index in [1.54, 1.807) is 12.1 Å². The molecule has 296 valence electrons. The van der Waals surface area contributed by atoms with Crippen LogP contribution < -0.4 is 35.7 Å². The quantitative estimate of drug-likeness (QED) is 0.0882. The Morgan fingerprint density at radius 2 is 1.56 bits per heavy atom. The fourth-order valence-corrected chi connectivity index (χ4v) is 6.22. The summed E-state index contributed by atoms with van der Waals surface area (Å²) in [6.07, 6.45) is 1.12. The average Bonchev–Trinajstić information content (AvgIpc) is 3.44. The molecular formula is C41H51Cl2N5O7. The number of carbonyl (C=O) groups excluding carboxylic acids is 3. The molecule has 0 aliphatic rings. The largest absolute Gasteiger partial charge is 0.497 e. The van der Waals surface area contributed by atoms with Gasteiger partial charge < -0.3 is 30.2 Å². The Morgan fingerprint density at radius 3 is 2.16 bits per heavy atom. The average molecular weight is 797 g/mol. The van der Waals surface area contributed by atoms with Crippen molar-refractivity contribution in [3.63, 3.8) is 0 Å². The molecule has 1 aromatic heterocycles. The van der Waals surface area contributed by atoms with Crippen LogP contribution in [0.3, 0.4) is 0 Å². The molecule has 0 saturated carbocycles. The molecule has 0 radical (unpaired) electrons. The molecule has 55 heavy (non-hydrogen) atoms. The van der Waals surface area contributed by atoms with Crippen LogP contribution >= 0.6 is 23.2 Å². The number of amides is 3. The van der Waals surface area contributed by atoms with Crippen LogP contribution in [0.25, 0.3) is 5.69 Å². The van der Waals surface area contributed by atoms with Gasteiger partial charge in [-0.1, -0.05) is 96.8 Å². The lowest BCUT2D eigenvalue weighted by molar-refractivity contribution is -0.122. The van der Waals surface area contributed by atoms with Crippen molar-refractivity contribution in [3.8, 4) is 22.9 Å². The van der Waals surface area contributed by atoms with E-state index in [4.69, 9.17) is 37.4 Å². The van der Waals surface area contributed by atoms with Crippen LogP contribution in [-0.4, -0.2) is 47.4 Å². The molecule has 1 unspecified atom stereocenters. The summed E-state index contributed by atoms with van der Waals surface area (Å²) in [5.41, 5.74) is 1.68. The number of carbonyl (C=O) groups is 3. The van der Waals surface area contributed by atoms with Gasteiger partial charge in [0.15, 0.2) is 11.9 Å². The Morgan fingerprint density at radius 1 is 0.891 bits per heavy atom. The molecule has 4 N–H and O–H groups in total. The van der Waals surface area contributed by atoms with Gasteiger partial charge in [0.25, 0.3) is 11.8 Å². The summed E-state index contributed by atoms with van der Waals surface area (Å²) in [7, 11) is 1.44. The number of methoxy groups -OCH3 is 1. The Kier molecular flexibility index (Phi) is 14.1. The number of benzene rings is 3. The van der Waals surface area contributed by atoms with Gasteiger partial charge in [-0.3, -0.25) is 19.5 Å². The van der Waals surface area contributed by atoms with Gasteiger partial charge in [-0.25, -0.2) is 9.48 Å². The SMILES string of the molecule is CCCNC(=O)Oc1c(NC(=O)c2cccc(NC(=O)C(CC)Oc3ccc(C(C)(C)CC)cc3C(C)(C)CC)c2)[nH]n(-c2c(Cl)cc(OC)cc2Cl)c1=O. The monoisotopic (exact) mass is 795 g/mol. The number of nitrogens with zero attached hydrogens (tertiary/aromatic N) is 1. The smallest absolute Gasteiger partial charge is 0.412 e. The van der Waals surface area contributed by atoms with E-state index >= 15 is 0 Å². The van der Waals surface area contributed by atoms with E-state index in [2.05, 4.69) is 74.7 Å². The van der Waals surface area contributed by atoms with Crippen LogP contribution in [0.5, 0.6) is 17.2 Å². The first-order valence-electron chi connectivity index (χ1n) is 18.4. The molecular weight excluding hydrogens is 745 g/mol. The number of hydrogen-bond donors (Lipinski definition) is 4. The van der Waals surface area contributed by atoms with Crippen molar-refractivity contribution in [2.75, 3.05) is 24.3 Å². The van der Waals surface area contributed by atoms with E-state index < -0.39 is 29.4 Å². The molecule has 12 nitrogen and oxygen atoms in total. The van der Waals surface area contributed by atoms with Crippen molar-refractivity contribution in [3.05, 3.63) is 91.7 Å². The summed E-state index contributed by atoms with van der Waals surface area (Å²) in [5, 5.41) is 10.9. The molecule has 0 spiro atoms. The van der Waals surface area contributed by atoms with Crippen molar-refractivity contribution in [1.29, 1.82) is 0 Å². The summed E-state index contributed by atoms with van der Waals surface area (Å²) in [5.74, 6) is -0.813. The maximum Gasteiger partial charge on any atom is 0.412 e. The summed E-state index contributed by atoms with van der Waals surface area (Å²) in [6.45, 7) is 17.1. The molecule has 3 amide bonds. The maximum absolute atomic E-state index is 13.7. The molecule has 0 fully saturated rings. The molecule has 3 aromatic carbocycles. The highest BCUT2D eigenvalue weighted by Gasteiger charge is 2.30. The highest BCUT2D eigenvalue weighted by Crippen LogP contribution is 2.39. The third kappa shape index (κ3) is 10.0. The van der Waals surface area contributed by atoms with Gasteiger partial charge in [-0.15, -0.1) is 0 Å². The lowest BCUT2D eigenvalue weighted by atomic mass is 9.76. The second kappa shape index (κ2) is 18.1. The Labute approximate surface area is 332 Å². The van der Waals surface area contributed by atoms with E-state index in [1.807, 2.05) is 19.9 Å². The first-order valence-corrected chi connectivity index (χ1v) is 19.1. The number of nitrogens with one attached hydrogen (secondary N) is 4. The number of anilines is 2. The highest BCUT2D eigenvalue weighted by molar-refractivity contribution is 6.38. The van der Waals surface area contributed by atoms with Crippen molar-refractivity contribution in [2.45, 2.75) is 98.0 Å². The Bertz CT molecular complexity index is 2070. The van der Waals surface area contributed by atoms with Crippen LogP contribution in [0.15, 0.2) is 59.4 Å². The number of hydrogen-bond acceptors (Lipinski definition) is 7. The topological polar surface area (TPSA) is 153 Å². The van der Waals surface area contributed by atoms with Gasteiger partial charge in [0.05, 0.1) is 17.2 Å². The maximum atomic E-state index is 13.7. The number of aromatic amines is 1. The second-order valence-corrected chi connectivity index (χ2v) is 15.3. The zero-order valence-corrected chi connectivity index (χ0v) is 34.4. The van der Waals surface area contributed by atoms with Crippen LogP contribution in [-0.2, 0) is 15.6 Å². The number of rotatable bonds is 16. The van der Waals surface area contributed by atoms with Gasteiger partial charge in [-0.2, -0.15) is 0 Å². The first kappa shape index (κ1) is 42.8. The molecule has 14 heteroatoms. The summed E-state index contributed by atoms with van der Waals surface area (Å²) in [4.78, 5) is 53.5. The van der Waals surface area contributed by atoms with Crippen LogP contribution in [0.1, 0.15) is 103 Å². The molecule has 1 atom stereocenters. The standard InChI is InChI=1S/C41H51Cl2N5O7/c1-10-19-44-39(52)55-34-35(47-48(38(34)51)33-29(42)22-27(53-9)23-30(33)43)46-36(49)24-15-14-16-26(20-24)45-37(50)31(11-2)54-32-18-17-25(40(5,6)12-3)21-28(32)41(7,8)13-4/h14-18,20-23,31,47H,10-13,19H2,1-9H3,(H,44,52)(H,45,50)(H,46,49). The second-order valence-electron chi connectivity index (χ2n) is 14.4. The fraction of sp³-hybridized carbons (Fsp3) is 0.415. The number of halogens is 2. The lowest BCUT2D eigenvalue weighted by Gasteiger charge is -2.31. The van der Waals surface area contributed by atoms with Crippen molar-refractivity contribution < 1.29 is 28.6 Å². The van der Waals surface area contributed by atoms with Crippen molar-refractivity contribution in [1.82, 2.24) is 15.1 Å². The van der Waals surface area contributed by atoms with E-state index in [1.165, 1.54) is 36.9 Å². The van der Waals surface area contributed by atoms with E-state index in [0.29, 0.717) is 36.6 Å². The molecule has 0 aliphatic heterocycles. The predicted octanol–water partition coefficient (Wildman–Crippen LogP) is 9.40. The number of ether oxygens (including phenoxy) is 3. The Hall–Kier alpha value is -4.94. The van der Waals surface area contributed by atoms with E-state index in [-0.39, 0.29) is 43.9 Å². The third-order valence-electron chi connectivity index (χ3n) is 9.83. The van der Waals surface area contributed by atoms with Gasteiger partial charge in [-0.05, 0) is 66.3 Å². The molecule has 0 aliphatic carbocycles. The summed E-state index contributed by atoms with van der Waals surface area (Å²) in [6, 6.07) is 15.4. The van der Waals surface area contributed by atoms with Gasteiger partial charge >= 0.3 is 11.7 Å². The van der Waals surface area contributed by atoms with Gasteiger partial charge in [0, 0.05) is 35.5 Å². The number of aromatic nitrogens is 2. The van der Waals surface area contributed by atoms with E-state index in [0.717, 1.165) is 23.1 Å². The van der Waals surface area contributed by atoms with Crippen molar-refractivity contribution >= 4 is 52.6 Å². The zero-order valence-electron chi connectivity index (χ0n) is 32.9. The van der Waals surface area contributed by atoms with Gasteiger partial charge in [0.1, 0.15) is 17.2 Å². The van der Waals surface area contributed by atoms with Crippen molar-refractivity contribution in [2.24, 2.45) is 0 Å². The molecule has 4 rings (SSSR count).